The van der Waals surface area contributed by atoms with Gasteiger partial charge in [-0.2, -0.15) is 0 Å². The Kier molecular flexibility index (Phi) is 9.87. The number of anilines is 1. The monoisotopic (exact) mass is 528 g/mol. The molecule has 36 heavy (non-hydrogen) atoms. The number of carbonyl (C=O) groups is 2. The molecule has 2 aromatic carbocycles. The number of halogens is 1. The van der Waals surface area contributed by atoms with E-state index in [9.17, 15) is 14.7 Å². The predicted octanol–water partition coefficient (Wildman–Crippen LogP) is 5.14. The van der Waals surface area contributed by atoms with Crippen LogP contribution in [-0.2, 0) is 17.8 Å². The number of benzene rings is 2. The van der Waals surface area contributed by atoms with E-state index in [1.807, 2.05) is 48.2 Å². The Morgan fingerprint density at radius 2 is 2.00 bits per heavy atom. The molecule has 1 aromatic heterocycles. The highest BCUT2D eigenvalue weighted by atomic mass is 35.5. The number of aliphatic carboxylic acids is 1. The number of hydrogen-bond acceptors (Lipinski definition) is 6. The lowest BCUT2D eigenvalue weighted by Gasteiger charge is -2.21. The first-order valence-electron chi connectivity index (χ1n) is 12.0. The van der Waals surface area contributed by atoms with Gasteiger partial charge in [0.05, 0.1) is 12.1 Å². The average Bonchev–Trinajstić information content (AvgIpc) is 3.24. The SMILES string of the molecule is Cc1ccc(-c2nc(N(CCC(=O)O)Cc3cccc(C(=O)NCCN)c3)sc2CC(C)C)cc1Cl. The molecule has 3 rings (SSSR count). The van der Waals surface area contributed by atoms with Crippen LogP contribution in [0.4, 0.5) is 5.13 Å². The number of hydrogen-bond donors (Lipinski definition) is 3. The summed E-state index contributed by atoms with van der Waals surface area (Å²) in [5.41, 5.74) is 9.74. The number of nitrogens with one attached hydrogen (secondary N) is 1. The minimum atomic E-state index is -0.876. The van der Waals surface area contributed by atoms with Crippen LogP contribution < -0.4 is 16.0 Å². The smallest absolute Gasteiger partial charge is 0.305 e. The second kappa shape index (κ2) is 12.9. The molecule has 0 aliphatic carbocycles. The van der Waals surface area contributed by atoms with E-state index in [0.717, 1.165) is 38.8 Å². The Labute approximate surface area is 221 Å². The molecule has 1 amide bonds. The van der Waals surface area contributed by atoms with Crippen molar-refractivity contribution in [3.05, 3.63) is 69.1 Å². The van der Waals surface area contributed by atoms with E-state index in [1.54, 1.807) is 17.4 Å². The fraction of sp³-hybridized carbons (Fsp3) is 0.370. The highest BCUT2D eigenvalue weighted by Gasteiger charge is 2.20. The van der Waals surface area contributed by atoms with Crippen molar-refractivity contribution in [3.63, 3.8) is 0 Å². The van der Waals surface area contributed by atoms with Gasteiger partial charge in [0.25, 0.3) is 5.91 Å². The van der Waals surface area contributed by atoms with E-state index < -0.39 is 5.97 Å². The lowest BCUT2D eigenvalue weighted by Crippen LogP contribution is -2.29. The van der Waals surface area contributed by atoms with E-state index in [0.29, 0.717) is 42.7 Å². The molecule has 0 atom stereocenters. The number of aryl methyl sites for hydroxylation is 1. The summed E-state index contributed by atoms with van der Waals surface area (Å²) in [7, 11) is 0. The fourth-order valence-electron chi connectivity index (χ4n) is 3.74. The van der Waals surface area contributed by atoms with Crippen LogP contribution in [0.2, 0.25) is 5.02 Å². The molecule has 0 bridgehead atoms. The van der Waals surface area contributed by atoms with Crippen molar-refractivity contribution in [2.45, 2.75) is 40.2 Å². The van der Waals surface area contributed by atoms with E-state index in [4.69, 9.17) is 22.3 Å². The summed E-state index contributed by atoms with van der Waals surface area (Å²) >= 11 is 7.99. The first kappa shape index (κ1) is 27.6. The van der Waals surface area contributed by atoms with Gasteiger partial charge in [-0.1, -0.05) is 49.7 Å². The van der Waals surface area contributed by atoms with Crippen molar-refractivity contribution in [1.29, 1.82) is 0 Å². The Morgan fingerprint density at radius 3 is 2.67 bits per heavy atom. The van der Waals surface area contributed by atoms with Gasteiger partial charge in [-0.15, -0.1) is 11.3 Å². The van der Waals surface area contributed by atoms with E-state index in [-0.39, 0.29) is 12.3 Å². The molecule has 0 unspecified atom stereocenters. The van der Waals surface area contributed by atoms with Crippen LogP contribution in [0.3, 0.4) is 0 Å². The molecule has 0 fully saturated rings. The molecule has 0 spiro atoms. The first-order valence-corrected chi connectivity index (χ1v) is 13.2. The summed E-state index contributed by atoms with van der Waals surface area (Å²) in [6.45, 7) is 7.77. The minimum Gasteiger partial charge on any atom is -0.481 e. The van der Waals surface area contributed by atoms with Gasteiger partial charge in [-0.05, 0) is 48.6 Å². The Hall–Kier alpha value is -2.94. The molecule has 0 saturated carbocycles. The van der Waals surface area contributed by atoms with Crippen LogP contribution in [0.15, 0.2) is 42.5 Å². The Bertz CT molecular complexity index is 1210. The topological polar surface area (TPSA) is 109 Å². The summed E-state index contributed by atoms with van der Waals surface area (Å²) in [6, 6.07) is 13.3. The predicted molar refractivity (Wildman–Crippen MR) is 147 cm³/mol. The minimum absolute atomic E-state index is 0.0263. The number of nitrogens with zero attached hydrogens (tertiary/aromatic N) is 2. The van der Waals surface area contributed by atoms with Gasteiger partial charge >= 0.3 is 5.97 Å². The van der Waals surface area contributed by atoms with Gasteiger partial charge in [-0.3, -0.25) is 9.59 Å². The third-order valence-electron chi connectivity index (χ3n) is 5.58. The summed E-state index contributed by atoms with van der Waals surface area (Å²) in [5, 5.41) is 13.6. The van der Waals surface area contributed by atoms with Crippen molar-refractivity contribution in [2.75, 3.05) is 24.5 Å². The van der Waals surface area contributed by atoms with E-state index >= 15 is 0 Å². The quantitative estimate of drug-likeness (QED) is 0.300. The molecule has 7 nitrogen and oxygen atoms in total. The Balaban J connectivity index is 1.97. The number of aromatic nitrogens is 1. The second-order valence-electron chi connectivity index (χ2n) is 9.14. The van der Waals surface area contributed by atoms with Crippen molar-refractivity contribution in [2.24, 2.45) is 11.7 Å². The van der Waals surface area contributed by atoms with Gasteiger partial charge in [0.2, 0.25) is 0 Å². The highest BCUT2D eigenvalue weighted by molar-refractivity contribution is 7.16. The number of carboxylic acid groups (broad SMARTS) is 1. The van der Waals surface area contributed by atoms with Crippen LogP contribution in [0, 0.1) is 12.8 Å². The molecule has 9 heteroatoms. The van der Waals surface area contributed by atoms with Crippen LogP contribution >= 0.6 is 22.9 Å². The molecular formula is C27H33ClN4O3S. The zero-order valence-electron chi connectivity index (χ0n) is 20.9. The maximum absolute atomic E-state index is 12.4. The standard InChI is InChI=1S/C27H33ClN4O3S/c1-17(2)13-23-25(20-8-7-18(3)22(28)15-20)31-27(36-23)32(12-9-24(33)34)16-19-5-4-6-21(14-19)26(35)30-11-10-29/h4-8,14-15,17H,9-13,16,29H2,1-3H3,(H,30,35)(H,33,34). The third-order valence-corrected chi connectivity index (χ3v) is 7.13. The van der Waals surface area contributed by atoms with E-state index in [2.05, 4.69) is 19.2 Å². The number of carbonyl (C=O) groups excluding carboxylic acids is 1. The number of thiazole rings is 1. The van der Waals surface area contributed by atoms with Crippen LogP contribution in [0.5, 0.6) is 0 Å². The summed E-state index contributed by atoms with van der Waals surface area (Å²) in [6.07, 6.45) is 0.823. The largest absolute Gasteiger partial charge is 0.481 e. The fourth-order valence-corrected chi connectivity index (χ4v) is 5.24. The normalized spacial score (nSPS) is 11.1. The van der Waals surface area contributed by atoms with E-state index in [1.165, 1.54) is 0 Å². The number of rotatable bonds is 12. The van der Waals surface area contributed by atoms with Crippen LogP contribution in [0.25, 0.3) is 11.3 Å². The zero-order valence-corrected chi connectivity index (χ0v) is 22.5. The van der Waals surface area contributed by atoms with Crippen molar-refractivity contribution < 1.29 is 14.7 Å². The zero-order chi connectivity index (χ0) is 26.2. The lowest BCUT2D eigenvalue weighted by molar-refractivity contribution is -0.136. The first-order chi connectivity index (χ1) is 17.2. The molecule has 3 aromatic rings. The van der Waals surface area contributed by atoms with Gasteiger partial charge in [0, 0.05) is 47.2 Å². The maximum atomic E-state index is 12.4. The maximum Gasteiger partial charge on any atom is 0.305 e. The van der Waals surface area contributed by atoms with Crippen LogP contribution in [-0.4, -0.2) is 41.6 Å². The van der Waals surface area contributed by atoms with Gasteiger partial charge in [-0.25, -0.2) is 4.98 Å². The average molecular weight is 529 g/mol. The number of amides is 1. The molecule has 4 N–H and O–H groups in total. The molecule has 192 valence electrons. The molecule has 1 heterocycles. The molecule has 0 saturated heterocycles. The van der Waals surface area contributed by atoms with Gasteiger partial charge in [0.1, 0.15) is 0 Å². The summed E-state index contributed by atoms with van der Waals surface area (Å²) in [5.74, 6) is -0.639. The summed E-state index contributed by atoms with van der Waals surface area (Å²) < 4.78 is 0. The van der Waals surface area contributed by atoms with Gasteiger partial charge < -0.3 is 21.1 Å². The summed E-state index contributed by atoms with van der Waals surface area (Å²) in [4.78, 5) is 31.9. The van der Waals surface area contributed by atoms with Crippen molar-refractivity contribution in [1.82, 2.24) is 10.3 Å². The van der Waals surface area contributed by atoms with Crippen molar-refractivity contribution in [3.8, 4) is 11.3 Å². The molecular weight excluding hydrogens is 496 g/mol. The lowest BCUT2D eigenvalue weighted by atomic mass is 10.0. The molecule has 0 radical (unpaired) electrons. The van der Waals surface area contributed by atoms with Crippen molar-refractivity contribution >= 4 is 39.9 Å². The second-order valence-corrected chi connectivity index (χ2v) is 10.6. The number of nitrogens with two attached hydrogens (primary N) is 1. The molecule has 0 aliphatic heterocycles. The third kappa shape index (κ3) is 7.53. The Morgan fingerprint density at radius 1 is 1.22 bits per heavy atom. The van der Waals surface area contributed by atoms with Crippen LogP contribution in [0.1, 0.15) is 46.6 Å². The highest BCUT2D eigenvalue weighted by Crippen LogP contribution is 2.37. The van der Waals surface area contributed by atoms with Gasteiger partial charge in [0.15, 0.2) is 5.13 Å². The molecule has 0 aliphatic rings. The number of carboxylic acids is 1.